The van der Waals surface area contributed by atoms with E-state index in [0.717, 1.165) is 11.4 Å². The first-order valence-electron chi connectivity index (χ1n) is 14.3. The van der Waals surface area contributed by atoms with E-state index in [1.807, 2.05) is 102 Å². The largest absolute Gasteiger partial charge is 0.278 e. The number of amidine groups is 4. The Morgan fingerprint density at radius 3 is 1.22 bits per heavy atom. The quantitative estimate of drug-likeness (QED) is 0.265. The third-order valence-electron chi connectivity index (χ3n) is 5.81. The number of benzene rings is 3. The highest BCUT2D eigenvalue weighted by Gasteiger charge is 2.32. The van der Waals surface area contributed by atoms with E-state index in [-0.39, 0.29) is 22.9 Å². The third-order valence-corrected chi connectivity index (χ3v) is 9.84. The summed E-state index contributed by atoms with van der Waals surface area (Å²) in [5.41, 5.74) is 7.78. The third kappa shape index (κ3) is 9.18. The average molecular weight is 691 g/mol. The second kappa shape index (κ2) is 14.4. The summed E-state index contributed by atoms with van der Waals surface area (Å²) in [6, 6.07) is 25.4. The van der Waals surface area contributed by atoms with Crippen LogP contribution in [0.5, 0.6) is 0 Å². The Bertz CT molecular complexity index is 1570. The molecule has 3 aromatic carbocycles. The fourth-order valence-corrected chi connectivity index (χ4v) is 7.82. The van der Waals surface area contributed by atoms with E-state index in [1.54, 1.807) is 24.3 Å². The van der Waals surface area contributed by atoms with Gasteiger partial charge in [-0.1, -0.05) is 36.4 Å². The van der Waals surface area contributed by atoms with Gasteiger partial charge in [-0.3, -0.25) is 30.4 Å². The van der Waals surface area contributed by atoms with E-state index in [4.69, 9.17) is 20.0 Å². The van der Waals surface area contributed by atoms with Gasteiger partial charge in [-0.05, 0) is 133 Å². The molecule has 0 unspecified atom stereocenters. The molecule has 10 nitrogen and oxygen atoms in total. The molecule has 0 saturated carbocycles. The molecular weight excluding hydrogens is 657 g/mol. The summed E-state index contributed by atoms with van der Waals surface area (Å²) in [6.07, 6.45) is 0. The van der Waals surface area contributed by atoms with Gasteiger partial charge >= 0.3 is 0 Å². The number of carbonyl (C=O) groups excluding carboxylic acids is 2. The second-order valence-corrected chi connectivity index (χ2v) is 16.2. The highest BCUT2D eigenvalue weighted by molar-refractivity contribution is 8.87. The van der Waals surface area contributed by atoms with Crippen molar-refractivity contribution in [3.8, 4) is 0 Å². The van der Waals surface area contributed by atoms with Crippen LogP contribution in [-0.2, 0) is 0 Å². The van der Waals surface area contributed by atoms with Crippen LogP contribution in [0, 0.1) is 0 Å². The average Bonchev–Trinajstić information content (AvgIpc) is 3.01. The van der Waals surface area contributed by atoms with Crippen molar-refractivity contribution in [2.75, 3.05) is 0 Å². The summed E-state index contributed by atoms with van der Waals surface area (Å²) >= 11 is 0. The Balaban J connectivity index is 1.42. The SMILES string of the molecule is CC(C)(C)N=C1NN(C(=O)c2ccc(C(=O)N3NC(=NC(C)(C)C)SSC3=Nc3ccccc3)cc2)C(=Nc2ccccc2)SS1. The molecule has 0 radical (unpaired) electrons. The van der Waals surface area contributed by atoms with Gasteiger partial charge < -0.3 is 0 Å². The van der Waals surface area contributed by atoms with Crippen LogP contribution in [-0.4, -0.2) is 53.6 Å². The van der Waals surface area contributed by atoms with Gasteiger partial charge in [0.25, 0.3) is 11.8 Å². The van der Waals surface area contributed by atoms with Crippen LogP contribution in [0.2, 0.25) is 0 Å². The van der Waals surface area contributed by atoms with Gasteiger partial charge in [0.1, 0.15) is 0 Å². The molecule has 46 heavy (non-hydrogen) atoms. The molecule has 0 aromatic heterocycles. The van der Waals surface area contributed by atoms with Gasteiger partial charge in [0.05, 0.1) is 22.5 Å². The summed E-state index contributed by atoms with van der Waals surface area (Å²) < 4.78 is 0. The summed E-state index contributed by atoms with van der Waals surface area (Å²) in [6.45, 7) is 11.9. The highest BCUT2D eigenvalue weighted by atomic mass is 33.1. The van der Waals surface area contributed by atoms with Crippen LogP contribution >= 0.6 is 43.2 Å². The number of hydrogen-bond acceptors (Lipinski definition) is 10. The number of nitrogens with zero attached hydrogens (tertiary/aromatic N) is 6. The van der Waals surface area contributed by atoms with Crippen molar-refractivity contribution in [2.45, 2.75) is 52.6 Å². The van der Waals surface area contributed by atoms with Crippen LogP contribution in [0.25, 0.3) is 0 Å². The van der Waals surface area contributed by atoms with E-state index < -0.39 is 0 Å². The molecule has 238 valence electrons. The van der Waals surface area contributed by atoms with Gasteiger partial charge in [-0.15, -0.1) is 0 Å². The Kier molecular flexibility index (Phi) is 10.5. The Hall–Kier alpha value is -3.72. The van der Waals surface area contributed by atoms with Crippen LogP contribution in [0.3, 0.4) is 0 Å². The van der Waals surface area contributed by atoms with Crippen molar-refractivity contribution in [3.05, 3.63) is 96.1 Å². The first-order chi connectivity index (χ1) is 21.8. The number of amides is 2. The second-order valence-electron chi connectivity index (χ2n) is 12.1. The molecular formula is C32H34N8O2S4. The van der Waals surface area contributed by atoms with E-state index in [9.17, 15) is 9.59 Å². The molecule has 5 rings (SSSR count). The van der Waals surface area contributed by atoms with Gasteiger partial charge in [0, 0.05) is 11.1 Å². The fraction of sp³-hybridized carbons (Fsp3) is 0.250. The molecule has 2 aliphatic heterocycles. The molecule has 2 aliphatic rings. The molecule has 2 heterocycles. The number of carbonyl (C=O) groups is 2. The van der Waals surface area contributed by atoms with Gasteiger partial charge in [0.2, 0.25) is 10.3 Å². The molecule has 0 atom stereocenters. The van der Waals surface area contributed by atoms with Crippen LogP contribution in [0.4, 0.5) is 11.4 Å². The van der Waals surface area contributed by atoms with Crippen molar-refractivity contribution in [3.63, 3.8) is 0 Å². The molecule has 3 aromatic rings. The highest BCUT2D eigenvalue weighted by Crippen LogP contribution is 2.35. The fourth-order valence-electron chi connectivity index (χ4n) is 3.90. The first kappa shape index (κ1) is 33.6. The van der Waals surface area contributed by atoms with Crippen molar-refractivity contribution < 1.29 is 9.59 Å². The zero-order chi connectivity index (χ0) is 32.9. The minimum Gasteiger partial charge on any atom is -0.267 e. The monoisotopic (exact) mass is 690 g/mol. The lowest BCUT2D eigenvalue weighted by Crippen LogP contribution is -2.51. The lowest BCUT2D eigenvalue weighted by molar-refractivity contribution is 0.0813. The van der Waals surface area contributed by atoms with E-state index >= 15 is 0 Å². The topological polar surface area (TPSA) is 114 Å². The molecule has 2 fully saturated rings. The molecule has 0 aliphatic carbocycles. The van der Waals surface area contributed by atoms with Crippen LogP contribution in [0.15, 0.2) is 105 Å². The smallest absolute Gasteiger partial charge is 0.267 e. The van der Waals surface area contributed by atoms with E-state index in [2.05, 4.69) is 10.9 Å². The van der Waals surface area contributed by atoms with Crippen molar-refractivity contribution in [1.82, 2.24) is 20.9 Å². The van der Waals surface area contributed by atoms with E-state index in [0.29, 0.717) is 31.8 Å². The maximum atomic E-state index is 13.9. The van der Waals surface area contributed by atoms with Crippen LogP contribution in [0.1, 0.15) is 62.3 Å². The molecule has 2 saturated heterocycles. The summed E-state index contributed by atoms with van der Waals surface area (Å²) in [4.78, 5) is 46.6. The Labute approximate surface area is 284 Å². The van der Waals surface area contributed by atoms with Gasteiger partial charge in [-0.2, -0.15) is 10.0 Å². The maximum Gasteiger partial charge on any atom is 0.278 e. The first-order valence-corrected chi connectivity index (χ1v) is 18.6. The number of hydrazine groups is 2. The lowest BCUT2D eigenvalue weighted by Gasteiger charge is -2.31. The van der Waals surface area contributed by atoms with Gasteiger partial charge in [-0.25, -0.2) is 9.98 Å². The maximum absolute atomic E-state index is 13.9. The summed E-state index contributed by atoms with van der Waals surface area (Å²) in [5.74, 6) is -0.672. The number of para-hydroxylation sites is 2. The number of nitrogens with one attached hydrogen (secondary N) is 2. The van der Waals surface area contributed by atoms with Gasteiger partial charge in [0.15, 0.2) is 10.3 Å². The Morgan fingerprint density at radius 2 is 0.891 bits per heavy atom. The zero-order valence-corrected chi connectivity index (χ0v) is 29.5. The molecule has 0 bridgehead atoms. The minimum atomic E-state index is -0.347. The number of hydrogen-bond donors (Lipinski definition) is 2. The number of aliphatic imine (C=N–C) groups is 4. The van der Waals surface area contributed by atoms with Crippen molar-refractivity contribution in [1.29, 1.82) is 0 Å². The van der Waals surface area contributed by atoms with Crippen molar-refractivity contribution >= 4 is 87.0 Å². The molecule has 14 heteroatoms. The standard InChI is InChI=1S/C32H34N8O2S4/c1-31(2,3)35-27-37-39(29(45-43-27)33-23-13-9-7-10-14-23)25(41)21-17-19-22(20-18-21)26(42)40-30(34-24-15-11-8-12-16-24)46-44-28(38-40)36-32(4,5)6/h7-20H,1-6H3,(H,35,37)(H,36,38). The molecule has 2 amide bonds. The minimum absolute atomic E-state index is 0.336. The molecule has 0 spiro atoms. The Morgan fingerprint density at radius 1 is 0.543 bits per heavy atom. The summed E-state index contributed by atoms with van der Waals surface area (Å²) in [5, 5.41) is 4.91. The summed E-state index contributed by atoms with van der Waals surface area (Å²) in [7, 11) is 5.52. The van der Waals surface area contributed by atoms with E-state index in [1.165, 1.54) is 53.2 Å². The number of rotatable bonds is 4. The lowest BCUT2D eigenvalue weighted by atomic mass is 10.1. The molecule has 2 N–H and O–H groups in total. The zero-order valence-electron chi connectivity index (χ0n) is 26.2. The normalized spacial score (nSPS) is 19.3. The predicted molar refractivity (Wildman–Crippen MR) is 197 cm³/mol. The van der Waals surface area contributed by atoms with Crippen molar-refractivity contribution in [2.24, 2.45) is 20.0 Å². The van der Waals surface area contributed by atoms with Crippen LogP contribution < -0.4 is 10.9 Å². The predicted octanol–water partition coefficient (Wildman–Crippen LogP) is 8.05.